The molecule has 2 aromatic carbocycles. The second-order valence-electron chi connectivity index (χ2n) is 4.00. The van der Waals surface area contributed by atoms with Crippen LogP contribution in [0.2, 0.25) is 5.02 Å². The number of halogens is 3. The molecule has 0 aliphatic carbocycles. The van der Waals surface area contributed by atoms with Crippen molar-refractivity contribution < 1.29 is 8.78 Å². The van der Waals surface area contributed by atoms with Crippen molar-refractivity contribution in [2.24, 2.45) is 0 Å². The highest BCUT2D eigenvalue weighted by molar-refractivity contribution is 7.71. The molecule has 0 saturated carbocycles. The number of hydrogen-bond donors (Lipinski definition) is 1. The molecule has 2 nitrogen and oxygen atoms in total. The second kappa shape index (κ2) is 4.43. The van der Waals surface area contributed by atoms with E-state index in [1.165, 1.54) is 16.7 Å². The third-order valence-electron chi connectivity index (χ3n) is 2.81. The first-order valence-corrected chi connectivity index (χ1v) is 6.21. The van der Waals surface area contributed by atoms with E-state index in [1.807, 2.05) is 0 Å². The molecule has 0 atom stereocenters. The van der Waals surface area contributed by atoms with Crippen LogP contribution in [0.1, 0.15) is 0 Å². The highest BCUT2D eigenvalue weighted by Crippen LogP contribution is 2.27. The summed E-state index contributed by atoms with van der Waals surface area (Å²) in [4.78, 5) is 2.94. The van der Waals surface area contributed by atoms with Crippen molar-refractivity contribution in [3.05, 3.63) is 57.8 Å². The summed E-state index contributed by atoms with van der Waals surface area (Å²) in [5.41, 5.74) is 1.42. The zero-order valence-corrected chi connectivity index (χ0v) is 11.0. The third-order valence-corrected chi connectivity index (χ3v) is 3.40. The Bertz CT molecular complexity index is 838. The summed E-state index contributed by atoms with van der Waals surface area (Å²) in [6.07, 6.45) is 0. The number of aromatic amines is 1. The van der Waals surface area contributed by atoms with Crippen LogP contribution < -0.4 is 0 Å². The first kappa shape index (κ1) is 12.3. The highest BCUT2D eigenvalue weighted by atomic mass is 35.5. The Hall–Kier alpha value is -1.72. The number of H-pyrrole nitrogens is 1. The molecule has 0 unspecified atom stereocenters. The van der Waals surface area contributed by atoms with Gasteiger partial charge in [0.15, 0.2) is 4.77 Å². The van der Waals surface area contributed by atoms with Gasteiger partial charge in [-0.25, -0.2) is 8.78 Å². The molecule has 96 valence electrons. The van der Waals surface area contributed by atoms with E-state index < -0.39 is 11.6 Å². The number of hydrogen-bond acceptors (Lipinski definition) is 1. The fourth-order valence-electron chi connectivity index (χ4n) is 2.01. The summed E-state index contributed by atoms with van der Waals surface area (Å²) in [5, 5.41) is 0.438. The van der Waals surface area contributed by atoms with Crippen LogP contribution >= 0.6 is 23.8 Å². The molecule has 3 rings (SSSR count). The van der Waals surface area contributed by atoms with E-state index in [9.17, 15) is 8.78 Å². The number of nitrogens with zero attached hydrogens (tertiary/aromatic N) is 1. The molecule has 3 aromatic rings. The lowest BCUT2D eigenvalue weighted by Crippen LogP contribution is -1.98. The van der Waals surface area contributed by atoms with Crippen molar-refractivity contribution in [1.29, 1.82) is 0 Å². The van der Waals surface area contributed by atoms with Crippen molar-refractivity contribution in [2.45, 2.75) is 0 Å². The first-order chi connectivity index (χ1) is 9.08. The molecule has 1 N–H and O–H groups in total. The third kappa shape index (κ3) is 1.95. The van der Waals surface area contributed by atoms with Crippen LogP contribution in [0.3, 0.4) is 0 Å². The maximum Gasteiger partial charge on any atom is 0.182 e. The number of para-hydroxylation sites is 1. The minimum absolute atomic E-state index is 0.158. The van der Waals surface area contributed by atoms with Gasteiger partial charge in [-0.15, -0.1) is 0 Å². The molecule has 1 aromatic heterocycles. The molecule has 1 heterocycles. The van der Waals surface area contributed by atoms with E-state index >= 15 is 0 Å². The van der Waals surface area contributed by atoms with Gasteiger partial charge < -0.3 is 4.98 Å². The van der Waals surface area contributed by atoms with Crippen molar-refractivity contribution >= 4 is 34.9 Å². The largest absolute Gasteiger partial charge is 0.330 e. The second-order valence-corrected chi connectivity index (χ2v) is 4.79. The number of aromatic nitrogens is 2. The summed E-state index contributed by atoms with van der Waals surface area (Å²) in [5.74, 6) is -1.34. The molecule has 0 radical (unpaired) electrons. The Kier molecular flexibility index (Phi) is 2.88. The van der Waals surface area contributed by atoms with E-state index in [2.05, 4.69) is 4.98 Å². The summed E-state index contributed by atoms with van der Waals surface area (Å²) in [6.45, 7) is 0. The van der Waals surface area contributed by atoms with Crippen LogP contribution in [-0.2, 0) is 0 Å². The van der Waals surface area contributed by atoms with E-state index in [4.69, 9.17) is 23.8 Å². The average Bonchev–Trinajstić information content (AvgIpc) is 2.67. The standard InChI is InChI=1S/C13H7ClF2N2S/c14-8-2-1-3-10-12(8)18(13(19)17-10)11-5-4-7(15)6-9(11)16/h1-6H,(H,17,19). The normalized spacial score (nSPS) is 11.1. The van der Waals surface area contributed by atoms with Crippen molar-refractivity contribution in [1.82, 2.24) is 9.55 Å². The topological polar surface area (TPSA) is 20.7 Å². The van der Waals surface area contributed by atoms with Crippen molar-refractivity contribution in [2.75, 3.05) is 0 Å². The Morgan fingerprint density at radius 2 is 1.95 bits per heavy atom. The molecule has 0 aliphatic heterocycles. The lowest BCUT2D eigenvalue weighted by molar-refractivity contribution is 0.578. The SMILES string of the molecule is Fc1ccc(-n2c(=S)[nH]c3cccc(Cl)c32)c(F)c1. The smallest absolute Gasteiger partial charge is 0.182 e. The Balaban J connectivity index is 2.42. The predicted molar refractivity (Wildman–Crippen MR) is 73.4 cm³/mol. The molecule has 0 aliphatic rings. The first-order valence-electron chi connectivity index (χ1n) is 5.42. The van der Waals surface area contributed by atoms with Gasteiger partial charge >= 0.3 is 0 Å². The molecule has 0 amide bonds. The van der Waals surface area contributed by atoms with Crippen LogP contribution in [0.15, 0.2) is 36.4 Å². The molecular weight excluding hydrogens is 290 g/mol. The number of fused-ring (bicyclic) bond motifs is 1. The van der Waals surface area contributed by atoms with Crippen LogP contribution in [0.25, 0.3) is 16.7 Å². The van der Waals surface area contributed by atoms with Crippen molar-refractivity contribution in [3.63, 3.8) is 0 Å². The maximum atomic E-state index is 13.9. The molecule has 19 heavy (non-hydrogen) atoms. The van der Waals surface area contributed by atoms with Gasteiger partial charge in [-0.3, -0.25) is 4.57 Å². The summed E-state index contributed by atoms with van der Waals surface area (Å²) < 4.78 is 28.6. The van der Waals surface area contributed by atoms with E-state index in [0.717, 1.165) is 6.07 Å². The van der Waals surface area contributed by atoms with Crippen molar-refractivity contribution in [3.8, 4) is 5.69 Å². The monoisotopic (exact) mass is 296 g/mol. The van der Waals surface area contributed by atoms with Gasteiger partial charge in [0.05, 0.1) is 21.7 Å². The van der Waals surface area contributed by atoms with Gasteiger partial charge in [-0.05, 0) is 36.5 Å². The van der Waals surface area contributed by atoms with Crippen LogP contribution in [0.5, 0.6) is 0 Å². The summed E-state index contributed by atoms with van der Waals surface area (Å²) in [7, 11) is 0. The Morgan fingerprint density at radius 3 is 2.68 bits per heavy atom. The number of nitrogens with one attached hydrogen (secondary N) is 1. The zero-order valence-electron chi connectivity index (χ0n) is 9.45. The number of benzene rings is 2. The molecule has 0 fully saturated rings. The Morgan fingerprint density at radius 1 is 1.16 bits per heavy atom. The lowest BCUT2D eigenvalue weighted by atomic mass is 10.2. The highest BCUT2D eigenvalue weighted by Gasteiger charge is 2.13. The minimum Gasteiger partial charge on any atom is -0.330 e. The van der Waals surface area contributed by atoms with Gasteiger partial charge in [-0.2, -0.15) is 0 Å². The molecule has 0 saturated heterocycles. The average molecular weight is 297 g/mol. The maximum absolute atomic E-state index is 13.9. The summed E-state index contributed by atoms with van der Waals surface area (Å²) in [6, 6.07) is 8.56. The predicted octanol–water partition coefficient (Wildman–Crippen LogP) is 4.62. The van der Waals surface area contributed by atoms with Gasteiger partial charge in [0, 0.05) is 6.07 Å². The number of rotatable bonds is 1. The van der Waals surface area contributed by atoms with Gasteiger partial charge in [0.1, 0.15) is 11.6 Å². The molecule has 0 spiro atoms. The molecule has 6 heteroatoms. The van der Waals surface area contributed by atoms with E-state index in [-0.39, 0.29) is 5.69 Å². The van der Waals surface area contributed by atoms with E-state index in [1.54, 1.807) is 18.2 Å². The van der Waals surface area contributed by atoms with E-state index in [0.29, 0.717) is 20.8 Å². The minimum atomic E-state index is -0.697. The fourth-order valence-corrected chi connectivity index (χ4v) is 2.57. The van der Waals surface area contributed by atoms with Crippen LogP contribution in [0.4, 0.5) is 8.78 Å². The van der Waals surface area contributed by atoms with Gasteiger partial charge in [-0.1, -0.05) is 17.7 Å². The summed E-state index contributed by atoms with van der Waals surface area (Å²) >= 11 is 11.3. The van der Waals surface area contributed by atoms with Crippen LogP contribution in [0, 0.1) is 16.4 Å². The zero-order chi connectivity index (χ0) is 13.6. The molecular formula is C13H7ClF2N2S. The number of imidazole rings is 1. The molecule has 0 bridgehead atoms. The lowest BCUT2D eigenvalue weighted by Gasteiger charge is -2.07. The van der Waals surface area contributed by atoms with Gasteiger partial charge in [0.2, 0.25) is 0 Å². The van der Waals surface area contributed by atoms with Crippen LogP contribution in [-0.4, -0.2) is 9.55 Å². The fraction of sp³-hybridized carbons (Fsp3) is 0. The Labute approximate surface area is 117 Å². The quantitative estimate of drug-likeness (QED) is 0.650. The van der Waals surface area contributed by atoms with Gasteiger partial charge in [0.25, 0.3) is 0 Å².